The number of nitrogens with two attached hydrogens (primary N) is 1. The molecule has 0 radical (unpaired) electrons. The first-order valence-corrected chi connectivity index (χ1v) is 9.30. The number of carbonyl (C=O) groups is 1. The largest absolute Gasteiger partial charge is 0.340 e. The number of aromatic nitrogens is 1. The average molecular weight is 367 g/mol. The van der Waals surface area contributed by atoms with Gasteiger partial charge in [0.1, 0.15) is 0 Å². The van der Waals surface area contributed by atoms with Crippen LogP contribution in [0.2, 0.25) is 0 Å². The van der Waals surface area contributed by atoms with Crippen molar-refractivity contribution < 1.29 is 4.79 Å². The number of carbonyl (C=O) groups excluding carboxylic acids is 1. The molecule has 1 saturated heterocycles. The van der Waals surface area contributed by atoms with E-state index in [0.29, 0.717) is 18.9 Å². The first kappa shape index (κ1) is 20.1. The van der Waals surface area contributed by atoms with Crippen LogP contribution in [-0.2, 0) is 11.3 Å². The minimum Gasteiger partial charge on any atom is -0.340 e. The Morgan fingerprint density at radius 3 is 2.32 bits per heavy atom. The quantitative estimate of drug-likeness (QED) is 0.869. The lowest BCUT2D eigenvalue weighted by molar-refractivity contribution is -0.136. The maximum atomic E-state index is 12.7. The van der Waals surface area contributed by atoms with Crippen molar-refractivity contribution in [2.75, 3.05) is 32.7 Å². The molecule has 25 heavy (non-hydrogen) atoms. The minimum atomic E-state index is 0. The molecule has 5 nitrogen and oxygen atoms in total. The van der Waals surface area contributed by atoms with Gasteiger partial charge in [-0.2, -0.15) is 0 Å². The summed E-state index contributed by atoms with van der Waals surface area (Å²) in [7, 11) is 0. The van der Waals surface area contributed by atoms with Gasteiger partial charge in [-0.25, -0.2) is 0 Å². The summed E-state index contributed by atoms with van der Waals surface area (Å²) < 4.78 is 0. The molecule has 1 aromatic heterocycles. The van der Waals surface area contributed by atoms with Crippen LogP contribution in [0.5, 0.6) is 0 Å². The summed E-state index contributed by atoms with van der Waals surface area (Å²) in [6.07, 6.45) is 10.3. The van der Waals surface area contributed by atoms with E-state index in [1.165, 1.54) is 24.8 Å². The van der Waals surface area contributed by atoms with E-state index < -0.39 is 0 Å². The maximum absolute atomic E-state index is 12.7. The van der Waals surface area contributed by atoms with Crippen molar-refractivity contribution in [2.24, 2.45) is 11.1 Å². The second kappa shape index (κ2) is 9.51. The lowest BCUT2D eigenvalue weighted by Gasteiger charge is -2.39. The van der Waals surface area contributed by atoms with Crippen molar-refractivity contribution in [1.82, 2.24) is 14.8 Å². The van der Waals surface area contributed by atoms with Crippen LogP contribution in [0.1, 0.15) is 44.1 Å². The minimum absolute atomic E-state index is 0. The number of nitrogens with zero attached hydrogens (tertiary/aromatic N) is 3. The third kappa shape index (κ3) is 5.40. The number of halogens is 1. The van der Waals surface area contributed by atoms with Crippen LogP contribution in [0.15, 0.2) is 24.5 Å². The van der Waals surface area contributed by atoms with Gasteiger partial charge in [0.05, 0.1) is 0 Å². The second-order valence-corrected chi connectivity index (χ2v) is 7.45. The van der Waals surface area contributed by atoms with Crippen LogP contribution >= 0.6 is 12.4 Å². The Labute approximate surface area is 157 Å². The molecule has 2 N–H and O–H groups in total. The van der Waals surface area contributed by atoms with E-state index in [0.717, 1.165) is 45.6 Å². The maximum Gasteiger partial charge on any atom is 0.223 e. The number of amides is 1. The van der Waals surface area contributed by atoms with Crippen LogP contribution in [0.4, 0.5) is 0 Å². The Balaban J connectivity index is 0.00000225. The number of rotatable bonds is 5. The van der Waals surface area contributed by atoms with Gasteiger partial charge in [-0.1, -0.05) is 19.3 Å². The van der Waals surface area contributed by atoms with Crippen LogP contribution in [-0.4, -0.2) is 53.4 Å². The van der Waals surface area contributed by atoms with Gasteiger partial charge < -0.3 is 10.6 Å². The summed E-state index contributed by atoms with van der Waals surface area (Å²) in [6, 6.07) is 4.12. The highest BCUT2D eigenvalue weighted by atomic mass is 35.5. The number of piperazine rings is 1. The fraction of sp³-hybridized carbons (Fsp3) is 0.684. The molecule has 0 atom stereocenters. The molecular formula is C19H31ClN4O. The molecule has 0 unspecified atom stereocenters. The molecule has 1 aliphatic heterocycles. The Kier molecular flexibility index (Phi) is 7.66. The van der Waals surface area contributed by atoms with Crippen molar-refractivity contribution in [1.29, 1.82) is 0 Å². The van der Waals surface area contributed by atoms with Crippen molar-refractivity contribution in [3.05, 3.63) is 30.1 Å². The molecular weight excluding hydrogens is 336 g/mol. The van der Waals surface area contributed by atoms with E-state index in [-0.39, 0.29) is 17.8 Å². The Morgan fingerprint density at radius 1 is 1.08 bits per heavy atom. The van der Waals surface area contributed by atoms with Gasteiger partial charge in [-0.15, -0.1) is 12.4 Å². The Hall–Kier alpha value is -1.17. The molecule has 0 bridgehead atoms. The lowest BCUT2D eigenvalue weighted by Crippen LogP contribution is -2.50. The summed E-state index contributed by atoms with van der Waals surface area (Å²) in [4.78, 5) is 21.3. The van der Waals surface area contributed by atoms with Crippen LogP contribution in [0, 0.1) is 5.41 Å². The predicted molar refractivity (Wildman–Crippen MR) is 103 cm³/mol. The van der Waals surface area contributed by atoms with Crippen LogP contribution in [0.3, 0.4) is 0 Å². The molecule has 1 aromatic rings. The third-order valence-electron chi connectivity index (χ3n) is 5.75. The van der Waals surface area contributed by atoms with E-state index >= 15 is 0 Å². The number of pyridine rings is 1. The molecule has 1 aliphatic carbocycles. The van der Waals surface area contributed by atoms with E-state index in [4.69, 9.17) is 5.73 Å². The van der Waals surface area contributed by atoms with E-state index in [1.54, 1.807) is 0 Å². The van der Waals surface area contributed by atoms with Crippen molar-refractivity contribution >= 4 is 18.3 Å². The van der Waals surface area contributed by atoms with Gasteiger partial charge >= 0.3 is 0 Å². The molecule has 0 aromatic carbocycles. The van der Waals surface area contributed by atoms with Gasteiger partial charge in [-0.05, 0) is 42.5 Å². The monoisotopic (exact) mass is 366 g/mol. The Morgan fingerprint density at radius 2 is 1.72 bits per heavy atom. The summed E-state index contributed by atoms with van der Waals surface area (Å²) in [6.45, 7) is 5.17. The average Bonchev–Trinajstić information content (AvgIpc) is 2.64. The van der Waals surface area contributed by atoms with Crippen LogP contribution in [0.25, 0.3) is 0 Å². The number of hydrogen-bond acceptors (Lipinski definition) is 4. The van der Waals surface area contributed by atoms with E-state index in [9.17, 15) is 4.79 Å². The third-order valence-corrected chi connectivity index (χ3v) is 5.75. The highest BCUT2D eigenvalue weighted by Gasteiger charge is 2.35. The van der Waals surface area contributed by atoms with Crippen molar-refractivity contribution in [2.45, 2.75) is 45.1 Å². The molecule has 2 heterocycles. The smallest absolute Gasteiger partial charge is 0.223 e. The molecule has 2 aliphatic rings. The summed E-state index contributed by atoms with van der Waals surface area (Å²) in [5, 5.41) is 0. The van der Waals surface area contributed by atoms with Crippen LogP contribution < -0.4 is 5.73 Å². The Bertz CT molecular complexity index is 525. The second-order valence-electron chi connectivity index (χ2n) is 7.45. The zero-order valence-electron chi connectivity index (χ0n) is 15.0. The van der Waals surface area contributed by atoms with E-state index in [1.807, 2.05) is 12.4 Å². The van der Waals surface area contributed by atoms with Gasteiger partial charge in [-0.3, -0.25) is 14.7 Å². The molecule has 0 spiro atoms. The highest BCUT2D eigenvalue weighted by molar-refractivity contribution is 5.85. The molecule has 6 heteroatoms. The zero-order chi connectivity index (χ0) is 16.8. The topological polar surface area (TPSA) is 62.5 Å². The first-order chi connectivity index (χ1) is 11.7. The van der Waals surface area contributed by atoms with Crippen molar-refractivity contribution in [3.8, 4) is 0 Å². The predicted octanol–water partition coefficient (Wildman–Crippen LogP) is 2.45. The summed E-state index contributed by atoms with van der Waals surface area (Å²) in [5.74, 6) is 0.311. The number of hydrogen-bond donors (Lipinski definition) is 1. The lowest BCUT2D eigenvalue weighted by atomic mass is 9.71. The summed E-state index contributed by atoms with van der Waals surface area (Å²) >= 11 is 0. The van der Waals surface area contributed by atoms with E-state index in [2.05, 4.69) is 26.9 Å². The standard InChI is InChI=1S/C19H30N4O.ClH/c20-16-19(6-2-1-3-7-19)14-18(24)23-12-10-22(11-13-23)15-17-4-8-21-9-5-17;/h4-5,8-9H,1-3,6-7,10-16,20H2;1H. The zero-order valence-corrected chi connectivity index (χ0v) is 15.8. The van der Waals surface area contributed by atoms with Gasteiger partial charge in [0.2, 0.25) is 5.91 Å². The van der Waals surface area contributed by atoms with Crippen molar-refractivity contribution in [3.63, 3.8) is 0 Å². The first-order valence-electron chi connectivity index (χ1n) is 9.30. The molecule has 3 rings (SSSR count). The molecule has 140 valence electrons. The van der Waals surface area contributed by atoms with Gasteiger partial charge in [0, 0.05) is 51.5 Å². The molecule has 2 fully saturated rings. The van der Waals surface area contributed by atoms with Gasteiger partial charge in [0.25, 0.3) is 0 Å². The summed E-state index contributed by atoms with van der Waals surface area (Å²) in [5.41, 5.74) is 7.40. The molecule has 1 amide bonds. The SMILES string of the molecule is Cl.NCC1(CC(=O)N2CCN(Cc3ccncc3)CC2)CCCCC1. The normalized spacial score (nSPS) is 20.8. The highest BCUT2D eigenvalue weighted by Crippen LogP contribution is 2.38. The molecule has 1 saturated carbocycles. The fourth-order valence-electron chi connectivity index (χ4n) is 4.09. The fourth-order valence-corrected chi connectivity index (χ4v) is 4.09. The van der Waals surface area contributed by atoms with Gasteiger partial charge in [0.15, 0.2) is 0 Å².